The summed E-state index contributed by atoms with van der Waals surface area (Å²) in [6, 6.07) is 62.0. The third-order valence-electron chi connectivity index (χ3n) is 9.15. The number of fused-ring (bicyclic) bond motifs is 2. The molecule has 0 aliphatic heterocycles. The Hall–Kier alpha value is -6.58. The Morgan fingerprint density at radius 1 is 0.306 bits per heavy atom. The standard InChI is InChI=1S/C46H30N2O/c1-2-9-31(10-3-1)34-16-20-35(21-17-34)43-30-44(48-46(47-43)45-15-8-24-49-45)42-28-40(38-22-18-32-11-4-6-13-36(32)25-38)27-41(29-42)39-23-19-33-12-5-7-14-37(33)26-39/h1-30H. The molecule has 0 aliphatic rings. The highest BCUT2D eigenvalue weighted by Gasteiger charge is 2.15. The third-order valence-corrected chi connectivity index (χ3v) is 9.15. The fraction of sp³-hybridized carbons (Fsp3) is 0. The molecule has 2 heterocycles. The van der Waals surface area contributed by atoms with Crippen LogP contribution in [0.25, 0.3) is 89.0 Å². The molecule has 0 bridgehead atoms. The normalized spacial score (nSPS) is 11.3. The van der Waals surface area contributed by atoms with Crippen molar-refractivity contribution in [3.05, 3.63) is 182 Å². The molecule has 0 radical (unpaired) electrons. The van der Waals surface area contributed by atoms with Crippen LogP contribution in [0.4, 0.5) is 0 Å². The molecule has 0 saturated heterocycles. The molecule has 3 heteroatoms. The van der Waals surface area contributed by atoms with Crippen molar-refractivity contribution < 1.29 is 4.42 Å². The number of nitrogens with zero attached hydrogens (tertiary/aromatic N) is 2. The average Bonchev–Trinajstić information content (AvgIpc) is 3.73. The first-order chi connectivity index (χ1) is 24.2. The lowest BCUT2D eigenvalue weighted by atomic mass is 9.92. The van der Waals surface area contributed by atoms with Gasteiger partial charge in [-0.1, -0.05) is 127 Å². The molecule has 49 heavy (non-hydrogen) atoms. The highest BCUT2D eigenvalue weighted by atomic mass is 16.3. The molecule has 0 unspecified atom stereocenters. The van der Waals surface area contributed by atoms with Crippen molar-refractivity contribution in [1.29, 1.82) is 0 Å². The molecule has 3 nitrogen and oxygen atoms in total. The average molecular weight is 627 g/mol. The predicted octanol–water partition coefficient (Wildman–Crippen LogP) is 12.4. The van der Waals surface area contributed by atoms with E-state index >= 15 is 0 Å². The lowest BCUT2D eigenvalue weighted by molar-refractivity contribution is 0.577. The van der Waals surface area contributed by atoms with Crippen LogP contribution in [-0.2, 0) is 0 Å². The summed E-state index contributed by atoms with van der Waals surface area (Å²) in [6.07, 6.45) is 1.66. The van der Waals surface area contributed by atoms with Crippen LogP contribution in [0.3, 0.4) is 0 Å². The second-order valence-corrected chi connectivity index (χ2v) is 12.3. The van der Waals surface area contributed by atoms with E-state index in [0.717, 1.165) is 50.3 Å². The van der Waals surface area contributed by atoms with Gasteiger partial charge in [0.25, 0.3) is 0 Å². The molecule has 0 atom stereocenters. The summed E-state index contributed by atoms with van der Waals surface area (Å²) in [5.74, 6) is 1.18. The minimum absolute atomic E-state index is 0.549. The summed E-state index contributed by atoms with van der Waals surface area (Å²) in [5, 5.41) is 4.86. The first kappa shape index (κ1) is 28.6. The quantitative estimate of drug-likeness (QED) is 0.184. The van der Waals surface area contributed by atoms with Crippen molar-refractivity contribution in [3.63, 3.8) is 0 Å². The van der Waals surface area contributed by atoms with Gasteiger partial charge in [-0.05, 0) is 103 Å². The molecule has 0 saturated carbocycles. The van der Waals surface area contributed by atoms with Crippen molar-refractivity contribution in [2.45, 2.75) is 0 Å². The maximum atomic E-state index is 5.82. The second kappa shape index (κ2) is 12.2. The van der Waals surface area contributed by atoms with E-state index in [4.69, 9.17) is 14.4 Å². The molecule has 0 amide bonds. The molecular formula is C46H30N2O. The number of furan rings is 1. The predicted molar refractivity (Wildman–Crippen MR) is 202 cm³/mol. The molecule has 0 N–H and O–H groups in total. The van der Waals surface area contributed by atoms with Crippen molar-refractivity contribution >= 4 is 21.5 Å². The van der Waals surface area contributed by atoms with Gasteiger partial charge in [-0.15, -0.1) is 0 Å². The van der Waals surface area contributed by atoms with E-state index < -0.39 is 0 Å². The first-order valence-electron chi connectivity index (χ1n) is 16.5. The van der Waals surface area contributed by atoms with Gasteiger partial charge in [-0.25, -0.2) is 9.97 Å². The van der Waals surface area contributed by atoms with E-state index in [9.17, 15) is 0 Å². The van der Waals surface area contributed by atoms with Crippen molar-refractivity contribution in [3.8, 4) is 67.5 Å². The van der Waals surface area contributed by atoms with Crippen molar-refractivity contribution in [2.75, 3.05) is 0 Å². The van der Waals surface area contributed by atoms with Gasteiger partial charge in [0.15, 0.2) is 11.6 Å². The fourth-order valence-electron chi connectivity index (χ4n) is 6.57. The van der Waals surface area contributed by atoms with Crippen LogP contribution in [0.2, 0.25) is 0 Å². The molecule has 0 aliphatic carbocycles. The largest absolute Gasteiger partial charge is 0.461 e. The zero-order valence-electron chi connectivity index (χ0n) is 26.6. The van der Waals surface area contributed by atoms with Crippen LogP contribution in [0.1, 0.15) is 0 Å². The van der Waals surface area contributed by atoms with Crippen LogP contribution >= 0.6 is 0 Å². The molecule has 9 rings (SSSR count). The highest BCUT2D eigenvalue weighted by molar-refractivity contribution is 5.92. The van der Waals surface area contributed by atoms with Gasteiger partial charge in [-0.2, -0.15) is 0 Å². The monoisotopic (exact) mass is 626 g/mol. The lowest BCUT2D eigenvalue weighted by Gasteiger charge is -2.14. The van der Waals surface area contributed by atoms with Gasteiger partial charge in [0, 0.05) is 11.1 Å². The van der Waals surface area contributed by atoms with Crippen LogP contribution in [0, 0.1) is 0 Å². The van der Waals surface area contributed by atoms with E-state index in [2.05, 4.69) is 158 Å². The van der Waals surface area contributed by atoms with Crippen molar-refractivity contribution in [1.82, 2.24) is 9.97 Å². The minimum Gasteiger partial charge on any atom is -0.461 e. The van der Waals surface area contributed by atoms with Crippen LogP contribution < -0.4 is 0 Å². The van der Waals surface area contributed by atoms with E-state index in [1.54, 1.807) is 6.26 Å². The molecule has 230 valence electrons. The minimum atomic E-state index is 0.549. The van der Waals surface area contributed by atoms with Crippen molar-refractivity contribution in [2.24, 2.45) is 0 Å². The lowest BCUT2D eigenvalue weighted by Crippen LogP contribution is -1.96. The molecular weight excluding hydrogens is 597 g/mol. The highest BCUT2D eigenvalue weighted by Crippen LogP contribution is 2.36. The Kier molecular flexibility index (Phi) is 7.14. The second-order valence-electron chi connectivity index (χ2n) is 12.3. The Bertz CT molecular complexity index is 2490. The zero-order valence-corrected chi connectivity index (χ0v) is 26.6. The Morgan fingerprint density at radius 2 is 0.796 bits per heavy atom. The molecule has 7 aromatic carbocycles. The SMILES string of the molecule is c1ccc(-c2ccc(-c3cc(-c4cc(-c5ccc6ccccc6c5)cc(-c5ccc6ccccc6c5)c4)nc(-c4ccco4)n3)cc2)cc1. The summed E-state index contributed by atoms with van der Waals surface area (Å²) < 4.78 is 5.82. The summed E-state index contributed by atoms with van der Waals surface area (Å²) >= 11 is 0. The number of benzene rings is 7. The summed E-state index contributed by atoms with van der Waals surface area (Å²) in [6.45, 7) is 0. The topological polar surface area (TPSA) is 38.9 Å². The summed E-state index contributed by atoms with van der Waals surface area (Å²) in [7, 11) is 0. The summed E-state index contributed by atoms with van der Waals surface area (Å²) in [4.78, 5) is 10.1. The van der Waals surface area contributed by atoms with Crippen LogP contribution in [-0.4, -0.2) is 9.97 Å². The molecule has 0 spiro atoms. The molecule has 0 fully saturated rings. The fourth-order valence-corrected chi connectivity index (χ4v) is 6.57. The van der Waals surface area contributed by atoms with E-state index in [1.807, 2.05) is 18.2 Å². The van der Waals surface area contributed by atoms with E-state index in [1.165, 1.54) is 27.1 Å². The maximum Gasteiger partial charge on any atom is 0.196 e. The smallest absolute Gasteiger partial charge is 0.196 e. The van der Waals surface area contributed by atoms with E-state index in [0.29, 0.717) is 11.6 Å². The van der Waals surface area contributed by atoms with Crippen LogP contribution in [0.5, 0.6) is 0 Å². The zero-order chi connectivity index (χ0) is 32.6. The van der Waals surface area contributed by atoms with Gasteiger partial charge < -0.3 is 4.42 Å². The van der Waals surface area contributed by atoms with Gasteiger partial charge in [0.05, 0.1) is 17.7 Å². The Morgan fingerprint density at radius 3 is 1.39 bits per heavy atom. The third kappa shape index (κ3) is 5.68. The Labute approximate surface area is 284 Å². The number of hydrogen-bond acceptors (Lipinski definition) is 3. The maximum absolute atomic E-state index is 5.82. The number of rotatable bonds is 6. The van der Waals surface area contributed by atoms with Gasteiger partial charge in [-0.3, -0.25) is 0 Å². The van der Waals surface area contributed by atoms with E-state index in [-0.39, 0.29) is 0 Å². The summed E-state index contributed by atoms with van der Waals surface area (Å²) in [5.41, 5.74) is 10.6. The first-order valence-corrected chi connectivity index (χ1v) is 16.5. The molecule has 9 aromatic rings. The van der Waals surface area contributed by atoms with Gasteiger partial charge >= 0.3 is 0 Å². The van der Waals surface area contributed by atoms with Gasteiger partial charge in [0.1, 0.15) is 0 Å². The molecule has 2 aromatic heterocycles. The Balaban J connectivity index is 1.22. The van der Waals surface area contributed by atoms with Crippen LogP contribution in [0.15, 0.2) is 187 Å². The number of hydrogen-bond donors (Lipinski definition) is 0. The number of aromatic nitrogens is 2. The van der Waals surface area contributed by atoms with Gasteiger partial charge in [0.2, 0.25) is 0 Å².